The van der Waals surface area contributed by atoms with Crippen LogP contribution in [0.2, 0.25) is 0 Å². The van der Waals surface area contributed by atoms with Gasteiger partial charge in [0.15, 0.2) is 0 Å². The van der Waals surface area contributed by atoms with Gasteiger partial charge in [0.05, 0.1) is 5.69 Å². The van der Waals surface area contributed by atoms with Crippen LogP contribution >= 0.6 is 11.8 Å². The van der Waals surface area contributed by atoms with Crippen LogP contribution in [0.4, 0.5) is 10.1 Å². The Balaban J connectivity index is 2.35. The summed E-state index contributed by atoms with van der Waals surface area (Å²) in [7, 11) is 0. The van der Waals surface area contributed by atoms with Gasteiger partial charge in [-0.15, -0.1) is 11.8 Å². The third-order valence-electron chi connectivity index (χ3n) is 2.42. The number of para-hydroxylation sites is 1. The fraction of sp³-hybridized carbons (Fsp3) is 0.400. The number of thioether (sulfide) groups is 1. The Morgan fingerprint density at radius 3 is 3.07 bits per heavy atom. The number of halogens is 1. The van der Waals surface area contributed by atoms with E-state index in [1.165, 1.54) is 6.07 Å². The SMILES string of the molecule is CC1Nc2c(F)cccc2SC1CN. The van der Waals surface area contributed by atoms with Crippen molar-refractivity contribution in [2.24, 2.45) is 5.73 Å². The fourth-order valence-corrected chi connectivity index (χ4v) is 2.71. The summed E-state index contributed by atoms with van der Waals surface area (Å²) < 4.78 is 13.4. The summed E-state index contributed by atoms with van der Waals surface area (Å²) in [6.07, 6.45) is 0. The van der Waals surface area contributed by atoms with Gasteiger partial charge >= 0.3 is 0 Å². The molecule has 4 heteroatoms. The van der Waals surface area contributed by atoms with Gasteiger partial charge in [0.1, 0.15) is 5.82 Å². The quantitative estimate of drug-likeness (QED) is 0.748. The number of nitrogens with one attached hydrogen (secondary N) is 1. The monoisotopic (exact) mass is 212 g/mol. The highest BCUT2D eigenvalue weighted by Gasteiger charge is 2.25. The van der Waals surface area contributed by atoms with Crippen LogP contribution in [-0.2, 0) is 0 Å². The zero-order valence-corrected chi connectivity index (χ0v) is 8.77. The second kappa shape index (κ2) is 3.79. The molecule has 14 heavy (non-hydrogen) atoms. The molecule has 76 valence electrons. The second-order valence-corrected chi connectivity index (χ2v) is 4.72. The van der Waals surface area contributed by atoms with Gasteiger partial charge in [0.2, 0.25) is 0 Å². The highest BCUT2D eigenvalue weighted by atomic mass is 32.2. The molecule has 2 nitrogen and oxygen atoms in total. The molecule has 0 aliphatic carbocycles. The number of anilines is 1. The Bertz CT molecular complexity index is 343. The average molecular weight is 212 g/mol. The van der Waals surface area contributed by atoms with E-state index in [-0.39, 0.29) is 11.9 Å². The van der Waals surface area contributed by atoms with Crippen LogP contribution in [0.3, 0.4) is 0 Å². The predicted octanol–water partition coefficient (Wildman–Crippen LogP) is 2.06. The van der Waals surface area contributed by atoms with Gasteiger partial charge in [0, 0.05) is 22.7 Å². The van der Waals surface area contributed by atoms with E-state index < -0.39 is 0 Å². The molecule has 2 atom stereocenters. The summed E-state index contributed by atoms with van der Waals surface area (Å²) in [5.41, 5.74) is 6.25. The van der Waals surface area contributed by atoms with Crippen molar-refractivity contribution in [2.45, 2.75) is 23.1 Å². The standard InChI is InChI=1S/C10H13FN2S/c1-6-9(5-12)14-8-4-2-3-7(11)10(8)13-6/h2-4,6,9,13H,5,12H2,1H3. The van der Waals surface area contributed by atoms with Gasteiger partial charge in [-0.25, -0.2) is 4.39 Å². The molecule has 0 radical (unpaired) electrons. The zero-order chi connectivity index (χ0) is 10.1. The summed E-state index contributed by atoms with van der Waals surface area (Å²) >= 11 is 1.65. The fourth-order valence-electron chi connectivity index (χ4n) is 1.58. The number of nitrogens with two attached hydrogens (primary N) is 1. The number of benzene rings is 1. The summed E-state index contributed by atoms with van der Waals surface area (Å²) in [5.74, 6) is -0.183. The molecule has 1 heterocycles. The lowest BCUT2D eigenvalue weighted by molar-refractivity contribution is 0.617. The van der Waals surface area contributed by atoms with Crippen LogP contribution in [0.15, 0.2) is 23.1 Å². The lowest BCUT2D eigenvalue weighted by atomic mass is 10.2. The second-order valence-electron chi connectivity index (χ2n) is 3.44. The van der Waals surface area contributed by atoms with Gasteiger partial charge in [-0.2, -0.15) is 0 Å². The summed E-state index contributed by atoms with van der Waals surface area (Å²) in [5, 5.41) is 3.48. The molecule has 0 bridgehead atoms. The molecule has 0 spiro atoms. The van der Waals surface area contributed by atoms with Crippen molar-refractivity contribution < 1.29 is 4.39 Å². The number of rotatable bonds is 1. The minimum Gasteiger partial charge on any atom is -0.378 e. The number of hydrogen-bond donors (Lipinski definition) is 2. The van der Waals surface area contributed by atoms with Crippen LogP contribution in [0.1, 0.15) is 6.92 Å². The number of hydrogen-bond acceptors (Lipinski definition) is 3. The molecule has 0 amide bonds. The van der Waals surface area contributed by atoms with E-state index in [1.807, 2.05) is 13.0 Å². The summed E-state index contributed by atoms with van der Waals surface area (Å²) in [6, 6.07) is 5.34. The average Bonchev–Trinajstić information content (AvgIpc) is 2.19. The first-order chi connectivity index (χ1) is 6.72. The van der Waals surface area contributed by atoms with Crippen molar-refractivity contribution in [3.05, 3.63) is 24.0 Å². The van der Waals surface area contributed by atoms with Gasteiger partial charge in [-0.3, -0.25) is 0 Å². The van der Waals surface area contributed by atoms with Crippen LogP contribution < -0.4 is 11.1 Å². The van der Waals surface area contributed by atoms with Crippen LogP contribution in [0.5, 0.6) is 0 Å². The van der Waals surface area contributed by atoms with Gasteiger partial charge < -0.3 is 11.1 Å². The Morgan fingerprint density at radius 2 is 2.36 bits per heavy atom. The maximum atomic E-state index is 13.4. The molecular weight excluding hydrogens is 199 g/mol. The van der Waals surface area contributed by atoms with Crippen molar-refractivity contribution in [1.82, 2.24) is 0 Å². The molecule has 1 aromatic carbocycles. The van der Waals surface area contributed by atoms with Crippen molar-refractivity contribution in [1.29, 1.82) is 0 Å². The summed E-state index contributed by atoms with van der Waals surface area (Å²) in [4.78, 5) is 0.957. The lowest BCUT2D eigenvalue weighted by Crippen LogP contribution is -2.37. The molecule has 0 saturated carbocycles. The van der Waals surface area contributed by atoms with E-state index in [4.69, 9.17) is 5.73 Å². The van der Waals surface area contributed by atoms with E-state index in [0.29, 0.717) is 17.5 Å². The Morgan fingerprint density at radius 1 is 1.57 bits per heavy atom. The Hall–Kier alpha value is -0.740. The van der Waals surface area contributed by atoms with Crippen LogP contribution in [0.25, 0.3) is 0 Å². The van der Waals surface area contributed by atoms with Crippen LogP contribution in [-0.4, -0.2) is 17.8 Å². The largest absolute Gasteiger partial charge is 0.378 e. The molecule has 1 aromatic rings. The molecule has 0 saturated heterocycles. The first kappa shape index (κ1) is 9.80. The van der Waals surface area contributed by atoms with E-state index in [1.54, 1.807) is 17.8 Å². The van der Waals surface area contributed by atoms with Crippen molar-refractivity contribution >= 4 is 17.4 Å². The highest BCUT2D eigenvalue weighted by molar-refractivity contribution is 8.00. The minimum atomic E-state index is -0.183. The molecule has 2 rings (SSSR count). The molecule has 2 unspecified atom stereocenters. The van der Waals surface area contributed by atoms with Gasteiger partial charge in [-0.1, -0.05) is 6.07 Å². The highest BCUT2D eigenvalue weighted by Crippen LogP contribution is 2.38. The third-order valence-corrected chi connectivity index (χ3v) is 3.91. The maximum Gasteiger partial charge on any atom is 0.147 e. The van der Waals surface area contributed by atoms with Gasteiger partial charge in [-0.05, 0) is 19.1 Å². The lowest BCUT2D eigenvalue weighted by Gasteiger charge is -2.31. The van der Waals surface area contributed by atoms with E-state index in [2.05, 4.69) is 5.32 Å². The molecule has 1 aliphatic heterocycles. The topological polar surface area (TPSA) is 38.0 Å². The van der Waals surface area contributed by atoms with Gasteiger partial charge in [0.25, 0.3) is 0 Å². The molecule has 3 N–H and O–H groups in total. The molecule has 1 aliphatic rings. The normalized spacial score (nSPS) is 25.4. The first-order valence-corrected chi connectivity index (χ1v) is 5.52. The van der Waals surface area contributed by atoms with E-state index >= 15 is 0 Å². The van der Waals surface area contributed by atoms with Crippen molar-refractivity contribution in [3.8, 4) is 0 Å². The smallest absolute Gasteiger partial charge is 0.147 e. The molecule has 0 fully saturated rings. The molecular formula is C10H13FN2S. The molecule has 0 aromatic heterocycles. The minimum absolute atomic E-state index is 0.183. The first-order valence-electron chi connectivity index (χ1n) is 4.64. The van der Waals surface area contributed by atoms with E-state index in [0.717, 1.165) is 4.90 Å². The van der Waals surface area contributed by atoms with E-state index in [9.17, 15) is 4.39 Å². The summed E-state index contributed by atoms with van der Waals surface area (Å²) in [6.45, 7) is 2.63. The maximum absolute atomic E-state index is 13.4. The van der Waals surface area contributed by atoms with Crippen molar-refractivity contribution in [3.63, 3.8) is 0 Å². The Kier molecular flexibility index (Phi) is 2.65. The third kappa shape index (κ3) is 1.60. The zero-order valence-electron chi connectivity index (χ0n) is 7.96. The Labute approximate surface area is 87.1 Å². The predicted molar refractivity (Wildman–Crippen MR) is 58.2 cm³/mol. The number of fused-ring (bicyclic) bond motifs is 1. The van der Waals surface area contributed by atoms with Crippen LogP contribution in [0, 0.1) is 5.82 Å². The van der Waals surface area contributed by atoms with Crippen molar-refractivity contribution in [2.75, 3.05) is 11.9 Å².